The first kappa shape index (κ1) is 12.9. The lowest BCUT2D eigenvalue weighted by Gasteiger charge is -2.08. The zero-order chi connectivity index (χ0) is 13.7. The van der Waals surface area contributed by atoms with Crippen LogP contribution < -0.4 is 10.9 Å². The Kier molecular flexibility index (Phi) is 3.97. The number of benzene rings is 1. The Morgan fingerprint density at radius 3 is 2.63 bits per heavy atom. The molecule has 0 saturated heterocycles. The maximum absolute atomic E-state index is 11.4. The third-order valence-electron chi connectivity index (χ3n) is 2.75. The summed E-state index contributed by atoms with van der Waals surface area (Å²) in [5, 5.41) is 12.0. The number of aromatic carboxylic acids is 1. The van der Waals surface area contributed by atoms with Gasteiger partial charge in [0.05, 0.1) is 5.69 Å². The smallest absolute Gasteiger partial charge is 0.343 e. The highest BCUT2D eigenvalue weighted by Gasteiger charge is 2.13. The number of carbonyl (C=O) groups is 1. The molecule has 0 fully saturated rings. The quantitative estimate of drug-likeness (QED) is 0.762. The lowest BCUT2D eigenvalue weighted by Crippen LogP contribution is -2.20. The zero-order valence-electron chi connectivity index (χ0n) is 10.2. The molecular formula is C14H14N2O3. The van der Waals surface area contributed by atoms with Crippen molar-refractivity contribution in [2.75, 3.05) is 11.9 Å². The van der Waals surface area contributed by atoms with Gasteiger partial charge in [0.25, 0.3) is 5.56 Å². The third-order valence-corrected chi connectivity index (χ3v) is 2.75. The Hall–Kier alpha value is -2.56. The van der Waals surface area contributed by atoms with Crippen molar-refractivity contribution in [1.82, 2.24) is 4.98 Å². The number of anilines is 1. The minimum atomic E-state index is -1.23. The van der Waals surface area contributed by atoms with Crippen molar-refractivity contribution in [1.29, 1.82) is 0 Å². The molecule has 0 atom stereocenters. The van der Waals surface area contributed by atoms with Crippen LogP contribution in [0.3, 0.4) is 0 Å². The van der Waals surface area contributed by atoms with Gasteiger partial charge >= 0.3 is 5.97 Å². The summed E-state index contributed by atoms with van der Waals surface area (Å²) in [7, 11) is 0. The van der Waals surface area contributed by atoms with Gasteiger partial charge in [0.1, 0.15) is 5.56 Å². The number of hydrogen-bond acceptors (Lipinski definition) is 3. The Bertz CT molecular complexity index is 620. The summed E-state index contributed by atoms with van der Waals surface area (Å²) in [6.07, 6.45) is 2.19. The fourth-order valence-electron chi connectivity index (χ4n) is 1.82. The highest BCUT2D eigenvalue weighted by atomic mass is 16.4. The number of aromatic nitrogens is 1. The van der Waals surface area contributed by atoms with Crippen molar-refractivity contribution >= 4 is 11.7 Å². The average molecular weight is 258 g/mol. The summed E-state index contributed by atoms with van der Waals surface area (Å²) in [4.78, 5) is 24.8. The summed E-state index contributed by atoms with van der Waals surface area (Å²) in [6, 6.07) is 11.4. The van der Waals surface area contributed by atoms with Gasteiger partial charge in [-0.15, -0.1) is 0 Å². The molecule has 5 nitrogen and oxygen atoms in total. The van der Waals surface area contributed by atoms with Crippen molar-refractivity contribution in [3.8, 4) is 0 Å². The van der Waals surface area contributed by atoms with Crippen LogP contribution in [-0.4, -0.2) is 22.6 Å². The maximum Gasteiger partial charge on any atom is 0.343 e. The third kappa shape index (κ3) is 3.22. The van der Waals surface area contributed by atoms with E-state index in [1.54, 1.807) is 6.07 Å². The van der Waals surface area contributed by atoms with E-state index in [1.807, 2.05) is 30.3 Å². The van der Waals surface area contributed by atoms with E-state index in [1.165, 1.54) is 6.20 Å². The lowest BCUT2D eigenvalue weighted by atomic mass is 10.1. The first-order valence-electron chi connectivity index (χ1n) is 5.91. The normalized spacial score (nSPS) is 10.1. The van der Waals surface area contributed by atoms with Gasteiger partial charge in [0.15, 0.2) is 0 Å². The van der Waals surface area contributed by atoms with Crippen molar-refractivity contribution in [2.45, 2.75) is 6.42 Å². The molecule has 0 bridgehead atoms. The predicted octanol–water partition coefficient (Wildman–Crippen LogP) is 1.73. The van der Waals surface area contributed by atoms with Gasteiger partial charge in [-0.25, -0.2) is 4.79 Å². The van der Waals surface area contributed by atoms with Crippen LogP contribution in [0, 0.1) is 0 Å². The molecule has 0 amide bonds. The highest BCUT2D eigenvalue weighted by molar-refractivity contribution is 5.93. The molecule has 98 valence electrons. The largest absolute Gasteiger partial charge is 0.477 e. The molecule has 0 saturated carbocycles. The van der Waals surface area contributed by atoms with Crippen LogP contribution in [0.2, 0.25) is 0 Å². The minimum absolute atomic E-state index is 0.254. The number of pyridine rings is 1. The number of H-pyrrole nitrogens is 1. The van der Waals surface area contributed by atoms with Gasteiger partial charge < -0.3 is 15.4 Å². The molecule has 5 heteroatoms. The molecule has 2 rings (SSSR count). The fraction of sp³-hybridized carbons (Fsp3) is 0.143. The van der Waals surface area contributed by atoms with Gasteiger partial charge in [-0.05, 0) is 18.1 Å². The number of aromatic amines is 1. The van der Waals surface area contributed by atoms with Gasteiger partial charge in [-0.1, -0.05) is 30.3 Å². The van der Waals surface area contributed by atoms with Crippen molar-refractivity contribution < 1.29 is 9.90 Å². The summed E-state index contributed by atoms with van der Waals surface area (Å²) in [6.45, 7) is 0.563. The molecule has 0 radical (unpaired) electrons. The summed E-state index contributed by atoms with van der Waals surface area (Å²) >= 11 is 0. The van der Waals surface area contributed by atoms with E-state index in [0.717, 1.165) is 12.0 Å². The van der Waals surface area contributed by atoms with Crippen molar-refractivity contribution in [3.05, 3.63) is 64.1 Å². The van der Waals surface area contributed by atoms with Gasteiger partial charge in [-0.2, -0.15) is 0 Å². The predicted molar refractivity (Wildman–Crippen MR) is 72.7 cm³/mol. The Morgan fingerprint density at radius 2 is 1.95 bits per heavy atom. The zero-order valence-corrected chi connectivity index (χ0v) is 10.2. The molecular weight excluding hydrogens is 244 g/mol. The van der Waals surface area contributed by atoms with Crippen LogP contribution in [0.4, 0.5) is 5.69 Å². The van der Waals surface area contributed by atoms with Crippen LogP contribution in [0.1, 0.15) is 15.9 Å². The monoisotopic (exact) mass is 258 g/mol. The molecule has 19 heavy (non-hydrogen) atoms. The molecule has 3 N–H and O–H groups in total. The molecule has 1 aromatic heterocycles. The van der Waals surface area contributed by atoms with E-state index in [9.17, 15) is 9.59 Å². The standard InChI is InChI=1S/C14H14N2O3/c17-13-12(14(18)19)11(7-9-16-13)15-8-6-10-4-2-1-3-5-10/h1-5,7,9H,6,8H2,(H,18,19)(H2,15,16,17). The molecule has 2 aromatic rings. The van der Waals surface area contributed by atoms with Gasteiger partial charge in [0.2, 0.25) is 0 Å². The molecule has 0 aliphatic rings. The first-order chi connectivity index (χ1) is 9.18. The van der Waals surface area contributed by atoms with Crippen LogP contribution in [0.5, 0.6) is 0 Å². The topological polar surface area (TPSA) is 82.2 Å². The molecule has 0 unspecified atom stereocenters. The molecule has 0 aliphatic carbocycles. The number of carboxylic acids is 1. The SMILES string of the molecule is O=C(O)c1c(NCCc2ccccc2)cc[nH]c1=O. The second kappa shape index (κ2) is 5.86. The molecule has 0 spiro atoms. The summed E-state index contributed by atoms with van der Waals surface area (Å²) < 4.78 is 0. The van der Waals surface area contributed by atoms with Crippen molar-refractivity contribution in [3.63, 3.8) is 0 Å². The van der Waals surface area contributed by atoms with E-state index in [-0.39, 0.29) is 5.56 Å². The van der Waals surface area contributed by atoms with E-state index >= 15 is 0 Å². The van der Waals surface area contributed by atoms with Crippen LogP contribution in [0.15, 0.2) is 47.4 Å². The maximum atomic E-state index is 11.4. The van der Waals surface area contributed by atoms with Crippen LogP contribution in [-0.2, 0) is 6.42 Å². The van der Waals surface area contributed by atoms with Gasteiger partial charge in [0, 0.05) is 12.7 Å². The Morgan fingerprint density at radius 1 is 1.21 bits per heavy atom. The molecule has 1 heterocycles. The van der Waals surface area contributed by atoms with Crippen molar-refractivity contribution in [2.24, 2.45) is 0 Å². The lowest BCUT2D eigenvalue weighted by molar-refractivity contribution is 0.0696. The highest BCUT2D eigenvalue weighted by Crippen LogP contribution is 2.10. The molecule has 1 aromatic carbocycles. The molecule has 0 aliphatic heterocycles. The minimum Gasteiger partial charge on any atom is -0.477 e. The Labute approximate surface area is 109 Å². The number of carboxylic acid groups (broad SMARTS) is 1. The second-order valence-electron chi connectivity index (χ2n) is 4.06. The van der Waals surface area contributed by atoms with Crippen LogP contribution in [0.25, 0.3) is 0 Å². The Balaban J connectivity index is 2.06. The van der Waals surface area contributed by atoms with Crippen LogP contribution >= 0.6 is 0 Å². The van der Waals surface area contributed by atoms with E-state index < -0.39 is 11.5 Å². The summed E-state index contributed by atoms with van der Waals surface area (Å²) in [5.74, 6) is -1.23. The second-order valence-corrected chi connectivity index (χ2v) is 4.06. The average Bonchev–Trinajstić information content (AvgIpc) is 2.39. The van der Waals surface area contributed by atoms with E-state index in [2.05, 4.69) is 10.3 Å². The number of rotatable bonds is 5. The van der Waals surface area contributed by atoms with Gasteiger partial charge in [-0.3, -0.25) is 4.79 Å². The fourth-order valence-corrected chi connectivity index (χ4v) is 1.82. The van der Waals surface area contributed by atoms with E-state index in [0.29, 0.717) is 12.2 Å². The number of nitrogens with one attached hydrogen (secondary N) is 2. The summed E-state index contributed by atoms with van der Waals surface area (Å²) in [5.41, 5.74) is 0.636. The van der Waals surface area contributed by atoms with E-state index in [4.69, 9.17) is 5.11 Å². The first-order valence-corrected chi connectivity index (χ1v) is 5.91. The number of hydrogen-bond donors (Lipinski definition) is 3.